The van der Waals surface area contributed by atoms with Crippen LogP contribution < -0.4 is 20.1 Å². The summed E-state index contributed by atoms with van der Waals surface area (Å²) >= 11 is 0. The summed E-state index contributed by atoms with van der Waals surface area (Å²) in [6.07, 6.45) is 4.43. The van der Waals surface area contributed by atoms with Gasteiger partial charge in [0.05, 0.1) is 12.6 Å². The molecule has 1 aromatic carbocycles. The fourth-order valence-corrected chi connectivity index (χ4v) is 3.75. The lowest BCUT2D eigenvalue weighted by atomic mass is 9.93. The number of hydrogen-bond donors (Lipinski definition) is 3. The third-order valence-corrected chi connectivity index (χ3v) is 5.06. The van der Waals surface area contributed by atoms with Gasteiger partial charge in [-0.05, 0) is 52.5 Å². The van der Waals surface area contributed by atoms with E-state index in [1.165, 1.54) is 5.56 Å². The van der Waals surface area contributed by atoms with Crippen molar-refractivity contribution in [1.29, 1.82) is 0 Å². The number of ether oxygens (including phenoxy) is 2. The summed E-state index contributed by atoms with van der Waals surface area (Å²) in [4.78, 5) is 4.63. The summed E-state index contributed by atoms with van der Waals surface area (Å²) in [7, 11) is 0. The monoisotopic (exact) mass is 503 g/mol. The molecule has 3 N–H and O–H groups in total. The van der Waals surface area contributed by atoms with E-state index < -0.39 is 0 Å². The number of nitrogens with zero attached hydrogens (tertiary/aromatic N) is 1. The minimum atomic E-state index is -0.171. The van der Waals surface area contributed by atoms with Crippen molar-refractivity contribution in [2.24, 2.45) is 4.99 Å². The van der Waals surface area contributed by atoms with Gasteiger partial charge in [-0.1, -0.05) is 12.1 Å². The van der Waals surface area contributed by atoms with Gasteiger partial charge in [-0.2, -0.15) is 0 Å². The number of guanidine groups is 1. The number of aliphatic imine (C=N–C) groups is 1. The second-order valence-electron chi connectivity index (χ2n) is 8.04. The quantitative estimate of drug-likeness (QED) is 0.241. The van der Waals surface area contributed by atoms with Crippen LogP contribution in [0, 0.1) is 0 Å². The van der Waals surface area contributed by atoms with Crippen molar-refractivity contribution in [3.05, 3.63) is 23.8 Å². The first-order chi connectivity index (χ1) is 13.0. The number of aliphatic hydroxyl groups is 1. The summed E-state index contributed by atoms with van der Waals surface area (Å²) in [6.45, 7) is 8.14. The Morgan fingerprint density at radius 2 is 2.04 bits per heavy atom. The molecule has 1 saturated carbocycles. The van der Waals surface area contributed by atoms with Crippen LogP contribution in [-0.2, 0) is 6.42 Å². The molecule has 1 aliphatic heterocycles. The van der Waals surface area contributed by atoms with E-state index in [0.717, 1.165) is 56.1 Å². The number of para-hydroxylation sites is 1. The van der Waals surface area contributed by atoms with E-state index in [-0.39, 0.29) is 35.7 Å². The van der Waals surface area contributed by atoms with E-state index in [2.05, 4.69) is 42.5 Å². The molecule has 0 amide bonds. The molecule has 7 heteroatoms. The van der Waals surface area contributed by atoms with Gasteiger partial charge < -0.3 is 25.2 Å². The maximum atomic E-state index is 9.64. The van der Waals surface area contributed by atoms with Gasteiger partial charge >= 0.3 is 0 Å². The third-order valence-electron chi connectivity index (χ3n) is 5.06. The SMILES string of the molecule is CCNC(=NCCOc1cccc2c1OC(C)(C)C2)NC1CCC(O)CC1.I. The van der Waals surface area contributed by atoms with E-state index in [1.807, 2.05) is 12.1 Å². The Morgan fingerprint density at radius 3 is 2.75 bits per heavy atom. The molecule has 158 valence electrons. The smallest absolute Gasteiger partial charge is 0.191 e. The first-order valence-corrected chi connectivity index (χ1v) is 10.1. The molecule has 3 rings (SSSR count). The standard InChI is InChI=1S/C21H33N3O3.HI/c1-4-22-20(24-16-8-10-17(25)11-9-16)23-12-13-26-18-7-5-6-15-14-21(2,3)27-19(15)18;/h5-7,16-17,25H,4,8-14H2,1-3H3,(H2,22,23,24);1H. The van der Waals surface area contributed by atoms with Crippen molar-refractivity contribution in [3.8, 4) is 11.5 Å². The molecule has 28 heavy (non-hydrogen) atoms. The molecule has 1 aliphatic carbocycles. The van der Waals surface area contributed by atoms with Crippen LogP contribution in [0.5, 0.6) is 11.5 Å². The van der Waals surface area contributed by atoms with Crippen molar-refractivity contribution in [2.45, 2.75) is 70.6 Å². The molecule has 1 heterocycles. The van der Waals surface area contributed by atoms with Crippen LogP contribution >= 0.6 is 24.0 Å². The Bertz CT molecular complexity index is 658. The first kappa shape index (κ1) is 23.1. The molecule has 0 saturated heterocycles. The Kier molecular flexibility index (Phi) is 8.67. The second kappa shape index (κ2) is 10.5. The molecule has 0 radical (unpaired) electrons. The van der Waals surface area contributed by atoms with E-state index in [4.69, 9.17) is 9.47 Å². The molecule has 0 atom stereocenters. The molecule has 0 bridgehead atoms. The minimum Gasteiger partial charge on any atom is -0.488 e. The zero-order valence-corrected chi connectivity index (χ0v) is 19.5. The zero-order chi connectivity index (χ0) is 19.3. The molecule has 1 fully saturated rings. The van der Waals surface area contributed by atoms with Crippen molar-refractivity contribution in [1.82, 2.24) is 10.6 Å². The highest BCUT2D eigenvalue weighted by molar-refractivity contribution is 14.0. The summed E-state index contributed by atoms with van der Waals surface area (Å²) < 4.78 is 12.0. The zero-order valence-electron chi connectivity index (χ0n) is 17.2. The van der Waals surface area contributed by atoms with Gasteiger partial charge in [0.25, 0.3) is 0 Å². The summed E-state index contributed by atoms with van der Waals surface area (Å²) in [6, 6.07) is 6.45. The maximum Gasteiger partial charge on any atom is 0.191 e. The fourth-order valence-electron chi connectivity index (χ4n) is 3.75. The number of halogens is 1. The molecule has 1 aromatic rings. The van der Waals surface area contributed by atoms with Crippen LogP contribution in [0.3, 0.4) is 0 Å². The van der Waals surface area contributed by atoms with Gasteiger partial charge in [-0.15, -0.1) is 24.0 Å². The van der Waals surface area contributed by atoms with Crippen molar-refractivity contribution in [2.75, 3.05) is 19.7 Å². The number of benzene rings is 1. The molecule has 0 spiro atoms. The minimum absolute atomic E-state index is 0. The normalized spacial score (nSPS) is 23.2. The predicted octanol–water partition coefficient (Wildman–Crippen LogP) is 3.26. The van der Waals surface area contributed by atoms with Crippen molar-refractivity contribution < 1.29 is 14.6 Å². The fraction of sp³-hybridized carbons (Fsp3) is 0.667. The van der Waals surface area contributed by atoms with E-state index in [1.54, 1.807) is 0 Å². The number of rotatable bonds is 6. The van der Waals surface area contributed by atoms with Crippen LogP contribution in [-0.4, -0.2) is 48.5 Å². The number of hydrogen-bond acceptors (Lipinski definition) is 4. The van der Waals surface area contributed by atoms with Crippen molar-refractivity contribution in [3.63, 3.8) is 0 Å². The number of nitrogens with one attached hydrogen (secondary N) is 2. The summed E-state index contributed by atoms with van der Waals surface area (Å²) in [5.74, 6) is 2.49. The van der Waals surface area contributed by atoms with Crippen LogP contribution in [0.15, 0.2) is 23.2 Å². The number of fused-ring (bicyclic) bond motifs is 1. The molecule has 0 unspecified atom stereocenters. The van der Waals surface area contributed by atoms with Gasteiger partial charge in [0.15, 0.2) is 17.5 Å². The predicted molar refractivity (Wildman–Crippen MR) is 123 cm³/mol. The van der Waals surface area contributed by atoms with Gasteiger partial charge in [0, 0.05) is 24.6 Å². The summed E-state index contributed by atoms with van der Waals surface area (Å²) in [5.41, 5.74) is 1.03. The lowest BCUT2D eigenvalue weighted by molar-refractivity contribution is 0.120. The highest BCUT2D eigenvalue weighted by Gasteiger charge is 2.32. The maximum absolute atomic E-state index is 9.64. The number of aliphatic hydroxyl groups excluding tert-OH is 1. The van der Waals surface area contributed by atoms with E-state index in [0.29, 0.717) is 19.2 Å². The van der Waals surface area contributed by atoms with Crippen LogP contribution in [0.1, 0.15) is 52.0 Å². The second-order valence-corrected chi connectivity index (χ2v) is 8.04. The average Bonchev–Trinajstić information content (AvgIpc) is 2.95. The average molecular weight is 503 g/mol. The Hall–Kier alpha value is -1.22. The van der Waals surface area contributed by atoms with Gasteiger partial charge in [-0.3, -0.25) is 0 Å². The largest absolute Gasteiger partial charge is 0.488 e. The van der Waals surface area contributed by atoms with Crippen LogP contribution in [0.25, 0.3) is 0 Å². The molecule has 0 aromatic heterocycles. The Labute approximate surface area is 185 Å². The van der Waals surface area contributed by atoms with E-state index in [9.17, 15) is 5.11 Å². The van der Waals surface area contributed by atoms with Crippen molar-refractivity contribution >= 4 is 29.9 Å². The first-order valence-electron chi connectivity index (χ1n) is 10.1. The van der Waals surface area contributed by atoms with Crippen LogP contribution in [0.2, 0.25) is 0 Å². The van der Waals surface area contributed by atoms with Gasteiger partial charge in [0.1, 0.15) is 12.2 Å². The lowest BCUT2D eigenvalue weighted by Crippen LogP contribution is -2.45. The van der Waals surface area contributed by atoms with E-state index >= 15 is 0 Å². The highest BCUT2D eigenvalue weighted by Crippen LogP contribution is 2.41. The van der Waals surface area contributed by atoms with Gasteiger partial charge in [-0.25, -0.2) is 4.99 Å². The highest BCUT2D eigenvalue weighted by atomic mass is 127. The molecule has 6 nitrogen and oxygen atoms in total. The molecular weight excluding hydrogens is 469 g/mol. The Morgan fingerprint density at radius 1 is 1.29 bits per heavy atom. The van der Waals surface area contributed by atoms with Gasteiger partial charge in [0.2, 0.25) is 0 Å². The molecule has 2 aliphatic rings. The molecular formula is C21H34IN3O3. The summed E-state index contributed by atoms with van der Waals surface area (Å²) in [5, 5.41) is 16.4. The Balaban J connectivity index is 0.00000280. The third kappa shape index (κ3) is 6.40. The van der Waals surface area contributed by atoms with Crippen LogP contribution in [0.4, 0.5) is 0 Å². The lowest BCUT2D eigenvalue weighted by Gasteiger charge is -2.27. The topological polar surface area (TPSA) is 75.1 Å².